The number of hydrogen-bond donors (Lipinski definition) is 3. The number of hydrogen-bond acceptors (Lipinski definition) is 4. The summed E-state index contributed by atoms with van der Waals surface area (Å²) in [5.41, 5.74) is 5.12. The molecule has 4 N–H and O–H groups in total. The summed E-state index contributed by atoms with van der Waals surface area (Å²) in [6.07, 6.45) is 0. The maximum atomic E-state index is 12.3. The first kappa shape index (κ1) is 15.8. The average molecular weight is 306 g/mol. The molecule has 7 heteroatoms. The van der Waals surface area contributed by atoms with E-state index in [1.54, 1.807) is 13.8 Å². The average Bonchev–Trinajstić information content (AvgIpc) is 3.01. The number of carboxylic acids is 1. The summed E-state index contributed by atoms with van der Waals surface area (Å²) >= 11 is 0. The fourth-order valence-electron chi connectivity index (χ4n) is 2.76. The number of anilines is 1. The van der Waals surface area contributed by atoms with Crippen molar-refractivity contribution < 1.29 is 24.2 Å². The van der Waals surface area contributed by atoms with Gasteiger partial charge in [0.1, 0.15) is 5.75 Å². The van der Waals surface area contributed by atoms with Crippen LogP contribution < -0.4 is 15.8 Å². The summed E-state index contributed by atoms with van der Waals surface area (Å²) in [6, 6.07) is 4.41. The lowest BCUT2D eigenvalue weighted by Gasteiger charge is -2.11. The maximum absolute atomic E-state index is 12.3. The molecule has 0 spiro atoms. The molecular formula is C15H18N2O5. The van der Waals surface area contributed by atoms with E-state index in [1.807, 2.05) is 0 Å². The van der Waals surface area contributed by atoms with Crippen LogP contribution in [0.5, 0.6) is 5.75 Å². The molecule has 1 aromatic rings. The summed E-state index contributed by atoms with van der Waals surface area (Å²) in [5.74, 6) is -3.04. The smallest absolute Gasteiger partial charge is 0.307 e. The monoisotopic (exact) mass is 306 g/mol. The van der Waals surface area contributed by atoms with Gasteiger partial charge < -0.3 is 20.9 Å². The Morgan fingerprint density at radius 1 is 1.27 bits per heavy atom. The fraction of sp³-hybridized carbons (Fsp3) is 0.400. The minimum Gasteiger partial charge on any atom is -0.495 e. The van der Waals surface area contributed by atoms with Crippen LogP contribution in [0.4, 0.5) is 5.69 Å². The third kappa shape index (κ3) is 2.61. The molecule has 1 aliphatic carbocycles. The summed E-state index contributed by atoms with van der Waals surface area (Å²) in [7, 11) is 1.43. The maximum Gasteiger partial charge on any atom is 0.307 e. The normalized spacial score (nSPS) is 21.8. The van der Waals surface area contributed by atoms with Crippen LogP contribution >= 0.6 is 0 Å². The molecule has 0 aliphatic heterocycles. The van der Waals surface area contributed by atoms with Gasteiger partial charge in [-0.25, -0.2) is 0 Å². The Hall–Kier alpha value is -2.57. The van der Waals surface area contributed by atoms with Crippen LogP contribution in [0.15, 0.2) is 18.2 Å². The number of primary amides is 1. The van der Waals surface area contributed by atoms with E-state index in [0.717, 1.165) is 0 Å². The highest BCUT2D eigenvalue weighted by Crippen LogP contribution is 2.58. The van der Waals surface area contributed by atoms with E-state index >= 15 is 0 Å². The van der Waals surface area contributed by atoms with E-state index in [4.69, 9.17) is 15.6 Å². The third-order valence-corrected chi connectivity index (χ3v) is 4.12. The van der Waals surface area contributed by atoms with E-state index in [1.165, 1.54) is 25.3 Å². The van der Waals surface area contributed by atoms with Gasteiger partial charge in [-0.15, -0.1) is 0 Å². The Bertz CT molecular complexity index is 653. The molecule has 0 aromatic heterocycles. The summed E-state index contributed by atoms with van der Waals surface area (Å²) in [6.45, 7) is 3.46. The number of rotatable bonds is 5. The van der Waals surface area contributed by atoms with Gasteiger partial charge >= 0.3 is 5.97 Å². The van der Waals surface area contributed by atoms with Crippen LogP contribution in [0.25, 0.3) is 0 Å². The molecule has 0 bridgehead atoms. The number of ether oxygens (including phenoxy) is 1. The minimum atomic E-state index is -0.997. The number of carbonyl (C=O) groups excluding carboxylic acids is 2. The van der Waals surface area contributed by atoms with Crippen molar-refractivity contribution in [3.05, 3.63) is 23.8 Å². The zero-order valence-electron chi connectivity index (χ0n) is 12.5. The molecule has 22 heavy (non-hydrogen) atoms. The Labute approximate surface area is 127 Å². The molecule has 7 nitrogen and oxygen atoms in total. The number of aliphatic carboxylic acids is 1. The van der Waals surface area contributed by atoms with E-state index < -0.39 is 35.0 Å². The Morgan fingerprint density at radius 3 is 2.36 bits per heavy atom. The van der Waals surface area contributed by atoms with E-state index in [0.29, 0.717) is 5.75 Å². The van der Waals surface area contributed by atoms with Gasteiger partial charge in [-0.2, -0.15) is 0 Å². The molecule has 1 aromatic carbocycles. The number of carboxylic acid groups (broad SMARTS) is 1. The Balaban J connectivity index is 2.24. The van der Waals surface area contributed by atoms with Crippen LogP contribution in [-0.4, -0.2) is 30.0 Å². The van der Waals surface area contributed by atoms with Crippen molar-refractivity contribution in [2.45, 2.75) is 13.8 Å². The van der Waals surface area contributed by atoms with Crippen LogP contribution in [0, 0.1) is 17.3 Å². The fourth-order valence-corrected chi connectivity index (χ4v) is 2.76. The lowest BCUT2D eigenvalue weighted by molar-refractivity contribution is -0.140. The summed E-state index contributed by atoms with van der Waals surface area (Å²) < 4.78 is 5.12. The second-order valence-electron chi connectivity index (χ2n) is 5.88. The standard InChI is InChI=1S/C15H18N2O5/c1-15(2)10(11(15)14(20)21)13(19)17-8-6-7(12(16)18)4-5-9(8)22-3/h4-6,10-11H,1-3H3,(H2,16,18)(H,17,19)(H,20,21)/t10-,11+/m0/s1. The molecule has 118 valence electrons. The lowest BCUT2D eigenvalue weighted by Crippen LogP contribution is -2.19. The van der Waals surface area contributed by atoms with Crippen molar-refractivity contribution in [3.63, 3.8) is 0 Å². The molecule has 1 aliphatic rings. The quantitative estimate of drug-likeness (QED) is 0.752. The van der Waals surface area contributed by atoms with Crippen LogP contribution in [0.1, 0.15) is 24.2 Å². The Morgan fingerprint density at radius 2 is 1.91 bits per heavy atom. The first-order chi connectivity index (χ1) is 10.2. The second kappa shape index (κ2) is 5.32. The predicted octanol–water partition coefficient (Wildman–Crippen LogP) is 1.09. The predicted molar refractivity (Wildman–Crippen MR) is 78.5 cm³/mol. The first-order valence-corrected chi connectivity index (χ1v) is 6.71. The van der Waals surface area contributed by atoms with Crippen molar-refractivity contribution in [3.8, 4) is 5.75 Å². The number of methoxy groups -OCH3 is 1. The molecule has 1 fully saturated rings. The van der Waals surface area contributed by atoms with Gasteiger partial charge in [-0.1, -0.05) is 13.8 Å². The van der Waals surface area contributed by atoms with Gasteiger partial charge in [-0.3, -0.25) is 14.4 Å². The van der Waals surface area contributed by atoms with Gasteiger partial charge in [0, 0.05) is 5.56 Å². The number of carbonyl (C=O) groups is 3. The highest BCUT2D eigenvalue weighted by Gasteiger charge is 2.65. The Kier molecular flexibility index (Phi) is 3.83. The second-order valence-corrected chi connectivity index (χ2v) is 5.88. The van der Waals surface area contributed by atoms with Crippen molar-refractivity contribution in [1.29, 1.82) is 0 Å². The van der Waals surface area contributed by atoms with Gasteiger partial charge in [-0.05, 0) is 23.6 Å². The van der Waals surface area contributed by atoms with Crippen LogP contribution in [0.2, 0.25) is 0 Å². The van der Waals surface area contributed by atoms with Crippen LogP contribution in [0.3, 0.4) is 0 Å². The largest absolute Gasteiger partial charge is 0.495 e. The number of amides is 2. The molecule has 0 heterocycles. The summed E-state index contributed by atoms with van der Waals surface area (Å²) in [4.78, 5) is 34.7. The van der Waals surface area contributed by atoms with Gasteiger partial charge in [0.05, 0.1) is 24.6 Å². The molecule has 2 rings (SSSR count). The molecule has 0 radical (unpaired) electrons. The molecule has 2 amide bonds. The van der Waals surface area contributed by atoms with E-state index in [2.05, 4.69) is 5.32 Å². The highest BCUT2D eigenvalue weighted by molar-refractivity contribution is 6.02. The molecule has 1 saturated carbocycles. The molecular weight excluding hydrogens is 288 g/mol. The zero-order chi connectivity index (χ0) is 16.7. The van der Waals surface area contributed by atoms with Crippen molar-refractivity contribution in [2.75, 3.05) is 12.4 Å². The molecule has 0 unspecified atom stereocenters. The first-order valence-electron chi connectivity index (χ1n) is 6.71. The van der Waals surface area contributed by atoms with Crippen molar-refractivity contribution in [1.82, 2.24) is 0 Å². The number of nitrogens with two attached hydrogens (primary N) is 1. The van der Waals surface area contributed by atoms with Gasteiger partial charge in [0.2, 0.25) is 11.8 Å². The summed E-state index contributed by atoms with van der Waals surface area (Å²) in [5, 5.41) is 11.8. The number of nitrogens with one attached hydrogen (secondary N) is 1. The lowest BCUT2D eigenvalue weighted by atomic mass is 10.1. The highest BCUT2D eigenvalue weighted by atomic mass is 16.5. The van der Waals surface area contributed by atoms with Gasteiger partial charge in [0.25, 0.3) is 0 Å². The number of benzene rings is 1. The zero-order valence-corrected chi connectivity index (χ0v) is 12.5. The van der Waals surface area contributed by atoms with Crippen molar-refractivity contribution in [2.24, 2.45) is 23.0 Å². The minimum absolute atomic E-state index is 0.223. The van der Waals surface area contributed by atoms with E-state index in [9.17, 15) is 14.4 Å². The topological polar surface area (TPSA) is 119 Å². The van der Waals surface area contributed by atoms with Crippen molar-refractivity contribution >= 4 is 23.5 Å². The molecule has 0 saturated heterocycles. The van der Waals surface area contributed by atoms with Gasteiger partial charge in [0.15, 0.2) is 0 Å². The van der Waals surface area contributed by atoms with Crippen LogP contribution in [-0.2, 0) is 9.59 Å². The molecule has 2 atom stereocenters. The SMILES string of the molecule is COc1ccc(C(N)=O)cc1NC(=O)[C@@H]1[C@H](C(=O)O)C1(C)C. The third-order valence-electron chi connectivity index (χ3n) is 4.12. The van der Waals surface area contributed by atoms with E-state index in [-0.39, 0.29) is 11.3 Å².